The van der Waals surface area contributed by atoms with E-state index in [0.717, 1.165) is 11.1 Å². The van der Waals surface area contributed by atoms with Crippen molar-refractivity contribution in [2.45, 2.75) is 25.7 Å². The van der Waals surface area contributed by atoms with Crippen LogP contribution in [0.3, 0.4) is 0 Å². The van der Waals surface area contributed by atoms with E-state index in [1.54, 1.807) is 18.3 Å². The highest BCUT2D eigenvalue weighted by Crippen LogP contribution is 2.52. The molecule has 0 atom stereocenters. The van der Waals surface area contributed by atoms with E-state index in [0.29, 0.717) is 35.3 Å². The van der Waals surface area contributed by atoms with E-state index in [2.05, 4.69) is 9.97 Å². The van der Waals surface area contributed by atoms with Crippen LogP contribution in [0.25, 0.3) is 22.2 Å². The van der Waals surface area contributed by atoms with Gasteiger partial charge in [-0.1, -0.05) is 30.3 Å². The number of hydrogen-bond donors (Lipinski definition) is 2. The normalized spacial score (nSPS) is 13.6. The highest BCUT2D eigenvalue weighted by molar-refractivity contribution is 6.01. The molecule has 206 valence electrons. The number of nitrogens with one attached hydrogen (secondary N) is 1. The SMILES string of the molecule is NC(=O)CC1(CC(=O)N(c2ccc(F)cc2)c2ccc(Oc3ccnc4[nH]cc(-c5ccccc5)c34)c(F)c2)CC1. The number of amides is 2. The van der Waals surface area contributed by atoms with Crippen LogP contribution in [-0.4, -0.2) is 21.8 Å². The Hall–Kier alpha value is -5.05. The number of nitrogens with two attached hydrogens (primary N) is 1. The highest BCUT2D eigenvalue weighted by Gasteiger charge is 2.46. The van der Waals surface area contributed by atoms with E-state index in [-0.39, 0.29) is 30.2 Å². The number of carbonyl (C=O) groups is 2. The number of anilines is 2. The van der Waals surface area contributed by atoms with Gasteiger partial charge in [0.25, 0.3) is 0 Å². The molecule has 0 bridgehead atoms. The Labute approximate surface area is 234 Å². The number of H-pyrrole nitrogens is 1. The molecule has 5 aromatic rings. The van der Waals surface area contributed by atoms with Gasteiger partial charge in [-0.15, -0.1) is 0 Å². The maximum absolute atomic E-state index is 15.6. The Balaban J connectivity index is 1.33. The monoisotopic (exact) mass is 552 g/mol. The van der Waals surface area contributed by atoms with Gasteiger partial charge in [-0.3, -0.25) is 14.5 Å². The number of primary amides is 1. The molecule has 6 rings (SSSR count). The summed E-state index contributed by atoms with van der Waals surface area (Å²) < 4.78 is 35.3. The molecular weight excluding hydrogens is 526 g/mol. The van der Waals surface area contributed by atoms with Crippen molar-refractivity contribution in [3.05, 3.63) is 103 Å². The number of carbonyl (C=O) groups excluding carboxylic acids is 2. The van der Waals surface area contributed by atoms with E-state index in [1.165, 1.54) is 41.3 Å². The fourth-order valence-electron chi connectivity index (χ4n) is 5.18. The van der Waals surface area contributed by atoms with Crippen molar-refractivity contribution in [1.29, 1.82) is 0 Å². The van der Waals surface area contributed by atoms with Gasteiger partial charge in [0.2, 0.25) is 11.8 Å². The van der Waals surface area contributed by atoms with E-state index in [1.807, 2.05) is 36.5 Å². The van der Waals surface area contributed by atoms with Crippen LogP contribution >= 0.6 is 0 Å². The first-order chi connectivity index (χ1) is 19.8. The second-order valence-electron chi connectivity index (χ2n) is 10.3. The van der Waals surface area contributed by atoms with Crippen LogP contribution in [0.5, 0.6) is 11.5 Å². The van der Waals surface area contributed by atoms with Crippen molar-refractivity contribution < 1.29 is 23.1 Å². The zero-order valence-electron chi connectivity index (χ0n) is 21.9. The van der Waals surface area contributed by atoms with E-state index in [9.17, 15) is 14.0 Å². The van der Waals surface area contributed by atoms with Gasteiger partial charge in [0.05, 0.1) is 11.1 Å². The molecule has 3 N–H and O–H groups in total. The van der Waals surface area contributed by atoms with Crippen molar-refractivity contribution >= 4 is 34.2 Å². The molecular formula is C32H26F2N4O3. The Morgan fingerprint density at radius 2 is 1.66 bits per heavy atom. The summed E-state index contributed by atoms with van der Waals surface area (Å²) in [7, 11) is 0. The largest absolute Gasteiger partial charge is 0.453 e. The van der Waals surface area contributed by atoms with Gasteiger partial charge in [0, 0.05) is 42.6 Å². The molecule has 0 radical (unpaired) electrons. The number of pyridine rings is 1. The fraction of sp³-hybridized carbons (Fsp3) is 0.156. The van der Waals surface area contributed by atoms with Crippen LogP contribution in [0, 0.1) is 17.0 Å². The summed E-state index contributed by atoms with van der Waals surface area (Å²) in [6.07, 6.45) is 4.95. The third-order valence-corrected chi connectivity index (χ3v) is 7.38. The predicted molar refractivity (Wildman–Crippen MR) is 152 cm³/mol. The van der Waals surface area contributed by atoms with Crippen molar-refractivity contribution in [2.75, 3.05) is 4.90 Å². The minimum Gasteiger partial charge on any atom is -0.453 e. The van der Waals surface area contributed by atoms with Crippen LogP contribution in [0.4, 0.5) is 20.2 Å². The predicted octanol–water partition coefficient (Wildman–Crippen LogP) is 7.01. The smallest absolute Gasteiger partial charge is 0.232 e. The number of hydrogen-bond acceptors (Lipinski definition) is 4. The third-order valence-electron chi connectivity index (χ3n) is 7.38. The van der Waals surface area contributed by atoms with Crippen LogP contribution in [0.2, 0.25) is 0 Å². The number of aromatic nitrogens is 2. The number of aromatic amines is 1. The summed E-state index contributed by atoms with van der Waals surface area (Å²) in [5, 5.41) is 0.703. The number of ether oxygens (including phenoxy) is 1. The molecule has 1 fully saturated rings. The molecule has 3 aromatic carbocycles. The summed E-state index contributed by atoms with van der Waals surface area (Å²) in [4.78, 5) is 34.0. The zero-order chi connectivity index (χ0) is 28.6. The fourth-order valence-corrected chi connectivity index (χ4v) is 5.18. The second-order valence-corrected chi connectivity index (χ2v) is 10.3. The number of halogens is 2. The van der Waals surface area contributed by atoms with Gasteiger partial charge in [0.1, 0.15) is 17.2 Å². The van der Waals surface area contributed by atoms with Crippen molar-refractivity contribution in [3.63, 3.8) is 0 Å². The van der Waals surface area contributed by atoms with Gasteiger partial charge in [-0.2, -0.15) is 0 Å². The maximum atomic E-state index is 15.6. The Kier molecular flexibility index (Phi) is 6.70. The summed E-state index contributed by atoms with van der Waals surface area (Å²) in [6.45, 7) is 0. The average Bonchev–Trinajstić information content (AvgIpc) is 3.54. The molecule has 2 heterocycles. The van der Waals surface area contributed by atoms with Crippen molar-refractivity contribution in [1.82, 2.24) is 9.97 Å². The molecule has 2 aromatic heterocycles. The van der Waals surface area contributed by atoms with Gasteiger partial charge in [-0.25, -0.2) is 13.8 Å². The summed E-state index contributed by atoms with van der Waals surface area (Å²) >= 11 is 0. The minimum absolute atomic E-state index is 0.0413. The van der Waals surface area contributed by atoms with Gasteiger partial charge in [0.15, 0.2) is 11.6 Å². The lowest BCUT2D eigenvalue weighted by atomic mass is 9.96. The molecule has 1 aliphatic rings. The summed E-state index contributed by atoms with van der Waals surface area (Å²) in [6, 6.07) is 21.0. The van der Waals surface area contributed by atoms with Gasteiger partial charge < -0.3 is 15.5 Å². The lowest BCUT2D eigenvalue weighted by Crippen LogP contribution is -2.30. The molecule has 41 heavy (non-hydrogen) atoms. The topological polar surface area (TPSA) is 101 Å². The molecule has 7 nitrogen and oxygen atoms in total. The van der Waals surface area contributed by atoms with Crippen LogP contribution < -0.4 is 15.4 Å². The zero-order valence-corrected chi connectivity index (χ0v) is 21.9. The lowest BCUT2D eigenvalue weighted by Gasteiger charge is -2.25. The van der Waals surface area contributed by atoms with E-state index >= 15 is 4.39 Å². The Bertz CT molecular complexity index is 1750. The Morgan fingerprint density at radius 1 is 0.927 bits per heavy atom. The maximum Gasteiger partial charge on any atom is 0.232 e. The minimum atomic E-state index is -0.692. The summed E-state index contributed by atoms with van der Waals surface area (Å²) in [5.74, 6) is -1.61. The molecule has 0 saturated heterocycles. The molecule has 1 aliphatic carbocycles. The van der Waals surface area contributed by atoms with Gasteiger partial charge >= 0.3 is 0 Å². The van der Waals surface area contributed by atoms with E-state index < -0.39 is 23.0 Å². The number of benzene rings is 3. The van der Waals surface area contributed by atoms with Gasteiger partial charge in [-0.05, 0) is 66.3 Å². The van der Waals surface area contributed by atoms with Crippen molar-refractivity contribution in [3.8, 4) is 22.6 Å². The lowest BCUT2D eigenvalue weighted by molar-refractivity contribution is -0.121. The summed E-state index contributed by atoms with van der Waals surface area (Å²) in [5.41, 5.74) is 7.92. The molecule has 2 amide bonds. The molecule has 0 aliphatic heterocycles. The first kappa shape index (κ1) is 26.2. The van der Waals surface area contributed by atoms with Crippen LogP contribution in [0.15, 0.2) is 91.3 Å². The molecule has 1 saturated carbocycles. The van der Waals surface area contributed by atoms with E-state index in [4.69, 9.17) is 10.5 Å². The number of fused-ring (bicyclic) bond motifs is 1. The quantitative estimate of drug-likeness (QED) is 0.205. The third kappa shape index (κ3) is 5.38. The number of rotatable bonds is 9. The first-order valence-corrected chi connectivity index (χ1v) is 13.2. The standard InChI is InChI=1S/C32H26F2N4O3/c33-21-6-8-22(9-7-21)38(29(40)18-32(13-14-32)17-28(35)39)23-10-11-26(25(34)16-23)41-27-12-15-36-31-30(27)24(19-37-31)20-4-2-1-3-5-20/h1-12,15-16,19H,13-14,17-18H2,(H2,35,39)(H,36,37). The highest BCUT2D eigenvalue weighted by atomic mass is 19.1. The molecule has 0 spiro atoms. The first-order valence-electron chi connectivity index (χ1n) is 13.2. The molecule has 9 heteroatoms. The van der Waals surface area contributed by atoms with Crippen molar-refractivity contribution in [2.24, 2.45) is 11.1 Å². The van der Waals surface area contributed by atoms with Crippen LogP contribution in [-0.2, 0) is 9.59 Å². The molecule has 0 unspecified atom stereocenters. The van der Waals surface area contributed by atoms with Crippen LogP contribution in [0.1, 0.15) is 25.7 Å². The second kappa shape index (κ2) is 10.5. The Morgan fingerprint density at radius 3 is 2.34 bits per heavy atom. The average molecular weight is 553 g/mol. The number of nitrogens with zero attached hydrogens (tertiary/aromatic N) is 2.